The van der Waals surface area contributed by atoms with Crippen LogP contribution in [0.1, 0.15) is 36.8 Å². The maximum Gasteiger partial charge on any atom is 0.231 e. The molecule has 1 saturated carbocycles. The Morgan fingerprint density at radius 2 is 1.97 bits per heavy atom. The predicted octanol–water partition coefficient (Wildman–Crippen LogP) is 3.65. The first-order valence-electron chi connectivity index (χ1n) is 11.2. The lowest BCUT2D eigenvalue weighted by molar-refractivity contribution is -0.122. The smallest absolute Gasteiger partial charge is 0.231 e. The van der Waals surface area contributed by atoms with Gasteiger partial charge in [-0.1, -0.05) is 36.4 Å². The Hall–Kier alpha value is -2.97. The molecule has 5 nitrogen and oxygen atoms in total. The van der Waals surface area contributed by atoms with Crippen molar-refractivity contribution in [3.8, 4) is 17.2 Å². The number of likely N-dealkylation sites (N-methyl/N-ethyl adjacent to an activating group) is 1. The number of carbonyl (C=O) groups is 2. The van der Waals surface area contributed by atoms with Crippen LogP contribution < -0.4 is 10.2 Å². The maximum absolute atomic E-state index is 12.7. The summed E-state index contributed by atoms with van der Waals surface area (Å²) in [5.74, 6) is 0.504. The summed E-state index contributed by atoms with van der Waals surface area (Å²) >= 11 is 0. The van der Waals surface area contributed by atoms with Gasteiger partial charge in [-0.3, -0.25) is 9.59 Å². The summed E-state index contributed by atoms with van der Waals surface area (Å²) in [6, 6.07) is 17.2. The van der Waals surface area contributed by atoms with Gasteiger partial charge >= 0.3 is 0 Å². The molecule has 2 fully saturated rings. The highest BCUT2D eigenvalue weighted by Crippen LogP contribution is 2.36. The first-order chi connectivity index (χ1) is 15.0. The second kappa shape index (κ2) is 7.94. The van der Waals surface area contributed by atoms with Crippen molar-refractivity contribution >= 4 is 17.4 Å². The molecular weight excluding hydrogens is 386 g/mol. The van der Waals surface area contributed by atoms with Gasteiger partial charge in [-0.25, -0.2) is 0 Å². The zero-order chi connectivity index (χ0) is 21.5. The molecule has 1 saturated heterocycles. The van der Waals surface area contributed by atoms with Crippen LogP contribution in [0, 0.1) is 23.2 Å². The average Bonchev–Trinajstić information content (AvgIpc) is 3.49. The molecule has 2 heterocycles. The molecule has 31 heavy (non-hydrogen) atoms. The predicted molar refractivity (Wildman–Crippen MR) is 119 cm³/mol. The molecular formula is C26H27N3O2. The van der Waals surface area contributed by atoms with Crippen LogP contribution >= 0.6 is 0 Å². The summed E-state index contributed by atoms with van der Waals surface area (Å²) in [4.78, 5) is 26.4. The van der Waals surface area contributed by atoms with E-state index in [4.69, 9.17) is 0 Å². The number of ketones is 1. The quantitative estimate of drug-likeness (QED) is 0.785. The molecule has 2 aromatic carbocycles. The fraction of sp³-hybridized carbons (Fsp3) is 0.423. The molecule has 0 radical (unpaired) electrons. The lowest BCUT2D eigenvalue weighted by Crippen LogP contribution is -2.42. The molecule has 158 valence electrons. The zero-order valence-electron chi connectivity index (χ0n) is 17.8. The number of piperidine rings is 1. The Kier molecular flexibility index (Phi) is 5.11. The molecule has 5 rings (SSSR count). The summed E-state index contributed by atoms with van der Waals surface area (Å²) in [7, 11) is 1.82. The minimum atomic E-state index is -0.293. The van der Waals surface area contributed by atoms with Crippen LogP contribution in [0.4, 0.5) is 5.69 Å². The number of hydrogen-bond donors (Lipinski definition) is 1. The van der Waals surface area contributed by atoms with E-state index in [-0.39, 0.29) is 23.7 Å². The summed E-state index contributed by atoms with van der Waals surface area (Å²) in [5, 5.41) is 13.1. The molecule has 0 unspecified atom stereocenters. The zero-order valence-corrected chi connectivity index (χ0v) is 17.8. The lowest BCUT2D eigenvalue weighted by Gasteiger charge is -2.22. The van der Waals surface area contributed by atoms with Crippen LogP contribution in [0.2, 0.25) is 0 Å². The standard InChI is InChI=1S/C26H27N3O2/c1-29-23-13-19(6-7-20(23)14-25(29)31)18-4-2-16(3-5-18)10-17(15-27)11-24(30)26-21-8-9-22(12-21)28-26/h2-7,13,17,21-22,26,28H,8-12,14H2,1H3/t17-,21+,22-,26+/m1/s1. The number of benzene rings is 2. The number of carbonyl (C=O) groups excluding carboxylic acids is 2. The Morgan fingerprint density at radius 1 is 1.19 bits per heavy atom. The topological polar surface area (TPSA) is 73.2 Å². The van der Waals surface area contributed by atoms with Gasteiger partial charge in [0.2, 0.25) is 5.91 Å². The highest BCUT2D eigenvalue weighted by Gasteiger charge is 2.42. The number of anilines is 1. The normalized spacial score (nSPS) is 24.8. The maximum atomic E-state index is 12.7. The fourth-order valence-electron chi connectivity index (χ4n) is 5.49. The van der Waals surface area contributed by atoms with Gasteiger partial charge in [-0.2, -0.15) is 5.26 Å². The minimum absolute atomic E-state index is 0.0400. The van der Waals surface area contributed by atoms with Crippen LogP contribution in [0.15, 0.2) is 42.5 Å². The number of Topliss-reactive ketones (excluding diaryl/α,β-unsaturated/α-hetero) is 1. The molecule has 0 aromatic heterocycles. The number of rotatable bonds is 6. The number of amides is 1. The molecule has 4 atom stereocenters. The van der Waals surface area contributed by atoms with Crippen molar-refractivity contribution in [1.82, 2.24) is 5.32 Å². The van der Waals surface area contributed by atoms with Crippen molar-refractivity contribution < 1.29 is 9.59 Å². The van der Waals surface area contributed by atoms with E-state index in [9.17, 15) is 14.9 Å². The number of fused-ring (bicyclic) bond motifs is 3. The van der Waals surface area contributed by atoms with E-state index >= 15 is 0 Å². The van der Waals surface area contributed by atoms with Crippen molar-refractivity contribution in [3.63, 3.8) is 0 Å². The van der Waals surface area contributed by atoms with Crippen molar-refractivity contribution in [2.75, 3.05) is 11.9 Å². The van der Waals surface area contributed by atoms with E-state index in [0.29, 0.717) is 31.2 Å². The number of hydrogen-bond acceptors (Lipinski definition) is 4. The second-order valence-corrected chi connectivity index (χ2v) is 9.28. The Morgan fingerprint density at radius 3 is 2.65 bits per heavy atom. The van der Waals surface area contributed by atoms with Gasteiger partial charge in [0.05, 0.1) is 24.4 Å². The molecule has 5 heteroatoms. The van der Waals surface area contributed by atoms with Crippen LogP contribution in [0.3, 0.4) is 0 Å². The van der Waals surface area contributed by atoms with Crippen LogP contribution in [-0.4, -0.2) is 30.8 Å². The summed E-state index contributed by atoms with van der Waals surface area (Å²) < 4.78 is 0. The number of nitrogens with zero attached hydrogens (tertiary/aromatic N) is 2. The van der Waals surface area contributed by atoms with Crippen molar-refractivity contribution in [2.45, 2.75) is 50.6 Å². The largest absolute Gasteiger partial charge is 0.315 e. The third-order valence-corrected chi connectivity index (χ3v) is 7.27. The molecule has 3 aliphatic rings. The molecule has 1 aliphatic carbocycles. The van der Waals surface area contributed by atoms with E-state index in [1.165, 1.54) is 6.42 Å². The molecule has 2 aliphatic heterocycles. The summed E-state index contributed by atoms with van der Waals surface area (Å²) in [6.45, 7) is 0. The van der Waals surface area contributed by atoms with Crippen LogP contribution in [0.5, 0.6) is 0 Å². The molecule has 2 aromatic rings. The van der Waals surface area contributed by atoms with Gasteiger partial charge in [-0.15, -0.1) is 0 Å². The highest BCUT2D eigenvalue weighted by molar-refractivity contribution is 6.01. The van der Waals surface area contributed by atoms with Crippen molar-refractivity contribution in [1.29, 1.82) is 5.26 Å². The van der Waals surface area contributed by atoms with Crippen LogP contribution in [0.25, 0.3) is 11.1 Å². The molecule has 1 amide bonds. The molecule has 1 N–H and O–H groups in total. The van der Waals surface area contributed by atoms with Gasteiger partial charge in [0, 0.05) is 25.2 Å². The second-order valence-electron chi connectivity index (χ2n) is 9.28. The summed E-state index contributed by atoms with van der Waals surface area (Å²) in [5.41, 5.74) is 5.26. The number of nitriles is 1. The summed E-state index contributed by atoms with van der Waals surface area (Å²) in [6.07, 6.45) is 4.81. The van der Waals surface area contributed by atoms with Crippen molar-refractivity contribution in [3.05, 3.63) is 53.6 Å². The van der Waals surface area contributed by atoms with Gasteiger partial charge in [0.25, 0.3) is 0 Å². The average molecular weight is 414 g/mol. The van der Waals surface area contributed by atoms with E-state index in [2.05, 4.69) is 35.7 Å². The lowest BCUT2D eigenvalue weighted by atomic mass is 9.88. The van der Waals surface area contributed by atoms with Gasteiger partial charge in [0.15, 0.2) is 5.78 Å². The van der Waals surface area contributed by atoms with E-state index in [0.717, 1.165) is 40.8 Å². The van der Waals surface area contributed by atoms with E-state index in [1.807, 2.05) is 25.2 Å². The van der Waals surface area contributed by atoms with Gasteiger partial charge in [-0.05, 0) is 59.9 Å². The Bertz CT molecular complexity index is 1070. The molecule has 2 bridgehead atoms. The monoisotopic (exact) mass is 413 g/mol. The van der Waals surface area contributed by atoms with Crippen molar-refractivity contribution in [2.24, 2.45) is 11.8 Å². The Balaban J connectivity index is 1.24. The van der Waals surface area contributed by atoms with Gasteiger partial charge in [0.1, 0.15) is 0 Å². The third kappa shape index (κ3) is 3.77. The third-order valence-electron chi connectivity index (χ3n) is 7.27. The van der Waals surface area contributed by atoms with Crippen LogP contribution in [-0.2, 0) is 22.4 Å². The Labute approximate surface area is 183 Å². The number of nitrogens with one attached hydrogen (secondary N) is 1. The molecule has 0 spiro atoms. The highest BCUT2D eigenvalue weighted by atomic mass is 16.2. The minimum Gasteiger partial charge on any atom is -0.315 e. The first kappa shape index (κ1) is 20.0. The first-order valence-corrected chi connectivity index (χ1v) is 11.2. The van der Waals surface area contributed by atoms with Gasteiger partial charge < -0.3 is 10.2 Å². The SMILES string of the molecule is CN1C(=O)Cc2ccc(-c3ccc(C[C@@H](C#N)CC(=O)[C@H]4N[C@@H]5CC[C@H]4C5)cc3)cc21. The van der Waals surface area contributed by atoms with E-state index in [1.54, 1.807) is 4.90 Å². The fourth-order valence-corrected chi connectivity index (χ4v) is 5.49. The van der Waals surface area contributed by atoms with E-state index < -0.39 is 0 Å².